The molecule has 0 aromatic rings. The van der Waals surface area contributed by atoms with Crippen LogP contribution in [-0.4, -0.2) is 94.1 Å². The second-order valence-electron chi connectivity index (χ2n) is 8.02. The molecule has 2 rings (SSSR count). The summed E-state index contributed by atoms with van der Waals surface area (Å²) in [6.45, 7) is 3.83. The first-order valence-electron chi connectivity index (χ1n) is 10.8. The number of unbranched alkanes of at least 4 members (excludes halogenated alkanes) is 5. The van der Waals surface area contributed by atoms with E-state index >= 15 is 0 Å². The molecular formula is C20H38O9. The molecule has 9 unspecified atom stereocenters. The SMILES string of the molecule is CCCCCCCCOC1OC(CO)C(O)CC1OC1OC(C)C(O)C(O)C1O. The molecule has 0 aliphatic carbocycles. The minimum atomic E-state index is -1.45. The molecule has 2 aliphatic heterocycles. The third-order valence-corrected chi connectivity index (χ3v) is 5.59. The Balaban J connectivity index is 1.89. The summed E-state index contributed by atoms with van der Waals surface area (Å²) in [5, 5.41) is 49.6. The third-order valence-electron chi connectivity index (χ3n) is 5.59. The van der Waals surface area contributed by atoms with Gasteiger partial charge in [-0.05, 0) is 13.3 Å². The number of hydrogen-bond acceptors (Lipinski definition) is 9. The molecule has 2 aliphatic rings. The van der Waals surface area contributed by atoms with Gasteiger partial charge in [0.05, 0.1) is 18.8 Å². The summed E-state index contributed by atoms with van der Waals surface area (Å²) in [5.41, 5.74) is 0. The lowest BCUT2D eigenvalue weighted by Crippen LogP contribution is -2.60. The Morgan fingerprint density at radius 2 is 1.55 bits per heavy atom. The predicted octanol–water partition coefficient (Wildman–Crippen LogP) is 0.0444. The van der Waals surface area contributed by atoms with E-state index in [-0.39, 0.29) is 13.0 Å². The van der Waals surface area contributed by atoms with Crippen molar-refractivity contribution in [3.05, 3.63) is 0 Å². The van der Waals surface area contributed by atoms with Gasteiger partial charge < -0.3 is 44.5 Å². The van der Waals surface area contributed by atoms with Crippen molar-refractivity contribution in [2.24, 2.45) is 0 Å². The fourth-order valence-corrected chi connectivity index (χ4v) is 3.66. The molecule has 0 aromatic carbocycles. The zero-order chi connectivity index (χ0) is 21.4. The first-order chi connectivity index (χ1) is 13.9. The van der Waals surface area contributed by atoms with Crippen molar-refractivity contribution in [1.82, 2.24) is 0 Å². The Bertz CT molecular complexity index is 452. The van der Waals surface area contributed by atoms with E-state index in [9.17, 15) is 25.5 Å². The van der Waals surface area contributed by atoms with Crippen LogP contribution in [0.15, 0.2) is 0 Å². The van der Waals surface area contributed by atoms with Gasteiger partial charge in [0.1, 0.15) is 30.5 Å². The maximum absolute atomic E-state index is 10.2. The average Bonchev–Trinajstić information content (AvgIpc) is 2.71. The predicted molar refractivity (Wildman–Crippen MR) is 103 cm³/mol. The van der Waals surface area contributed by atoms with E-state index < -0.39 is 55.3 Å². The Kier molecular flexibility index (Phi) is 10.7. The van der Waals surface area contributed by atoms with Crippen LogP contribution in [0.2, 0.25) is 0 Å². The van der Waals surface area contributed by atoms with Crippen molar-refractivity contribution in [3.8, 4) is 0 Å². The van der Waals surface area contributed by atoms with Gasteiger partial charge in [0.25, 0.3) is 0 Å². The van der Waals surface area contributed by atoms with Crippen LogP contribution in [0.3, 0.4) is 0 Å². The Morgan fingerprint density at radius 1 is 0.862 bits per heavy atom. The van der Waals surface area contributed by atoms with Crippen LogP contribution in [0, 0.1) is 0 Å². The smallest absolute Gasteiger partial charge is 0.187 e. The standard InChI is InChI=1S/C20H38O9/c1-3-4-5-6-7-8-9-26-19-14(10-13(22)15(11-21)29-19)28-20-18(25)17(24)16(23)12(2)27-20/h12-25H,3-11H2,1-2H3. The van der Waals surface area contributed by atoms with Crippen molar-refractivity contribution in [2.45, 2.75) is 114 Å². The second kappa shape index (κ2) is 12.5. The number of aliphatic hydroxyl groups excluding tert-OH is 5. The quantitative estimate of drug-likeness (QED) is 0.292. The van der Waals surface area contributed by atoms with Crippen LogP contribution in [-0.2, 0) is 18.9 Å². The minimum Gasteiger partial charge on any atom is -0.394 e. The maximum atomic E-state index is 10.2. The minimum absolute atomic E-state index is 0.117. The molecule has 2 heterocycles. The molecule has 9 nitrogen and oxygen atoms in total. The van der Waals surface area contributed by atoms with E-state index in [4.69, 9.17) is 18.9 Å². The maximum Gasteiger partial charge on any atom is 0.187 e. The van der Waals surface area contributed by atoms with Gasteiger partial charge in [-0.25, -0.2) is 0 Å². The fourth-order valence-electron chi connectivity index (χ4n) is 3.66. The summed E-state index contributed by atoms with van der Waals surface area (Å²) in [4.78, 5) is 0. The molecular weight excluding hydrogens is 384 g/mol. The van der Waals surface area contributed by atoms with Crippen molar-refractivity contribution < 1.29 is 44.5 Å². The Hall–Kier alpha value is -0.360. The van der Waals surface area contributed by atoms with E-state index in [0.717, 1.165) is 19.3 Å². The van der Waals surface area contributed by atoms with Gasteiger partial charge in [-0.3, -0.25) is 0 Å². The molecule has 2 saturated heterocycles. The molecule has 29 heavy (non-hydrogen) atoms. The largest absolute Gasteiger partial charge is 0.394 e. The summed E-state index contributed by atoms with van der Waals surface area (Å²) < 4.78 is 22.7. The van der Waals surface area contributed by atoms with Crippen LogP contribution in [0.4, 0.5) is 0 Å². The van der Waals surface area contributed by atoms with E-state index in [1.165, 1.54) is 19.3 Å². The summed E-state index contributed by atoms with van der Waals surface area (Å²) in [6, 6.07) is 0. The van der Waals surface area contributed by atoms with Crippen molar-refractivity contribution >= 4 is 0 Å². The van der Waals surface area contributed by atoms with Crippen LogP contribution >= 0.6 is 0 Å². The number of rotatable bonds is 11. The normalized spacial score (nSPS) is 40.9. The summed E-state index contributed by atoms with van der Waals surface area (Å²) in [7, 11) is 0. The van der Waals surface area contributed by atoms with Gasteiger partial charge in [-0.15, -0.1) is 0 Å². The highest BCUT2D eigenvalue weighted by atomic mass is 16.7. The molecule has 0 amide bonds. The van der Waals surface area contributed by atoms with E-state index in [1.807, 2.05) is 0 Å². The average molecular weight is 423 g/mol. The molecule has 0 saturated carbocycles. The van der Waals surface area contributed by atoms with Crippen molar-refractivity contribution in [1.29, 1.82) is 0 Å². The van der Waals surface area contributed by atoms with Crippen molar-refractivity contribution in [2.75, 3.05) is 13.2 Å². The summed E-state index contributed by atoms with van der Waals surface area (Å²) in [6.07, 6.45) is -2.62. The van der Waals surface area contributed by atoms with E-state index in [1.54, 1.807) is 6.92 Å². The van der Waals surface area contributed by atoms with Crippen LogP contribution in [0.1, 0.15) is 58.8 Å². The van der Waals surface area contributed by atoms with Gasteiger partial charge in [0, 0.05) is 13.0 Å². The number of aliphatic hydroxyl groups is 5. The van der Waals surface area contributed by atoms with Gasteiger partial charge in [-0.2, -0.15) is 0 Å². The third kappa shape index (κ3) is 7.09. The monoisotopic (exact) mass is 422 g/mol. The zero-order valence-electron chi connectivity index (χ0n) is 17.4. The van der Waals surface area contributed by atoms with Crippen molar-refractivity contribution in [3.63, 3.8) is 0 Å². The highest BCUT2D eigenvalue weighted by molar-refractivity contribution is 4.89. The highest BCUT2D eigenvalue weighted by Crippen LogP contribution is 2.29. The number of hydrogen-bond donors (Lipinski definition) is 5. The molecule has 9 atom stereocenters. The van der Waals surface area contributed by atoms with Gasteiger partial charge in [-0.1, -0.05) is 39.0 Å². The topological polar surface area (TPSA) is 138 Å². The lowest BCUT2D eigenvalue weighted by Gasteiger charge is -2.43. The van der Waals surface area contributed by atoms with E-state index in [0.29, 0.717) is 6.61 Å². The van der Waals surface area contributed by atoms with Gasteiger partial charge in [0.15, 0.2) is 12.6 Å². The molecule has 172 valence electrons. The molecule has 0 spiro atoms. The summed E-state index contributed by atoms with van der Waals surface area (Å²) >= 11 is 0. The Labute approximate surface area is 172 Å². The molecule has 9 heteroatoms. The lowest BCUT2D eigenvalue weighted by molar-refractivity contribution is -0.347. The first-order valence-corrected chi connectivity index (χ1v) is 10.8. The van der Waals surface area contributed by atoms with Crippen LogP contribution in [0.25, 0.3) is 0 Å². The fraction of sp³-hybridized carbons (Fsp3) is 1.00. The van der Waals surface area contributed by atoms with Crippen LogP contribution < -0.4 is 0 Å². The van der Waals surface area contributed by atoms with Crippen LogP contribution in [0.5, 0.6) is 0 Å². The second-order valence-corrected chi connectivity index (χ2v) is 8.02. The van der Waals surface area contributed by atoms with Gasteiger partial charge in [0.2, 0.25) is 0 Å². The zero-order valence-corrected chi connectivity index (χ0v) is 17.4. The molecule has 2 fully saturated rings. The van der Waals surface area contributed by atoms with Gasteiger partial charge >= 0.3 is 0 Å². The first kappa shape index (κ1) is 24.9. The molecule has 0 aromatic heterocycles. The molecule has 0 bridgehead atoms. The highest BCUT2D eigenvalue weighted by Gasteiger charge is 2.46. The number of ether oxygens (including phenoxy) is 4. The molecule has 5 N–H and O–H groups in total. The lowest BCUT2D eigenvalue weighted by atomic mass is 9.99. The Morgan fingerprint density at radius 3 is 2.24 bits per heavy atom. The molecule has 0 radical (unpaired) electrons. The summed E-state index contributed by atoms with van der Waals surface area (Å²) in [5.74, 6) is 0. The van der Waals surface area contributed by atoms with E-state index in [2.05, 4.69) is 6.92 Å².